The van der Waals surface area contributed by atoms with E-state index in [2.05, 4.69) is 9.97 Å². The van der Waals surface area contributed by atoms with E-state index in [1.54, 1.807) is 12.4 Å². The molecule has 3 heterocycles. The summed E-state index contributed by atoms with van der Waals surface area (Å²) in [7, 11) is 3.95. The summed E-state index contributed by atoms with van der Waals surface area (Å²) in [6.07, 6.45) is 7.92. The SMILES string of the molecule is CN(C)c1cncc(-n2ccc3cc(C=O)cnc32)c1. The molecule has 0 aliphatic heterocycles. The molecule has 20 heavy (non-hydrogen) atoms. The van der Waals surface area contributed by atoms with Crippen molar-refractivity contribution >= 4 is 23.0 Å². The first-order valence-electron chi connectivity index (χ1n) is 6.24. The number of carbonyl (C=O) groups is 1. The highest BCUT2D eigenvalue weighted by molar-refractivity contribution is 5.85. The molecule has 0 bridgehead atoms. The summed E-state index contributed by atoms with van der Waals surface area (Å²) in [6.45, 7) is 0. The average Bonchev–Trinajstić information content (AvgIpc) is 2.90. The molecule has 0 aliphatic rings. The molecule has 0 amide bonds. The van der Waals surface area contributed by atoms with Crippen LogP contribution in [-0.4, -0.2) is 34.9 Å². The van der Waals surface area contributed by atoms with Gasteiger partial charge in [-0.25, -0.2) is 4.98 Å². The van der Waals surface area contributed by atoms with Crippen molar-refractivity contribution in [2.75, 3.05) is 19.0 Å². The Balaban J connectivity index is 2.15. The highest BCUT2D eigenvalue weighted by Crippen LogP contribution is 2.21. The maximum Gasteiger partial charge on any atom is 0.151 e. The van der Waals surface area contributed by atoms with Crippen molar-refractivity contribution in [2.24, 2.45) is 0 Å². The molecule has 0 fully saturated rings. The quantitative estimate of drug-likeness (QED) is 0.683. The predicted molar refractivity (Wildman–Crippen MR) is 78.6 cm³/mol. The number of pyridine rings is 2. The minimum Gasteiger partial charge on any atom is -0.376 e. The van der Waals surface area contributed by atoms with Crippen LogP contribution in [0.3, 0.4) is 0 Å². The Kier molecular flexibility index (Phi) is 2.95. The van der Waals surface area contributed by atoms with Crippen LogP contribution in [0, 0.1) is 0 Å². The van der Waals surface area contributed by atoms with Crippen molar-refractivity contribution in [3.8, 4) is 5.69 Å². The molecule has 3 aromatic rings. The van der Waals surface area contributed by atoms with Gasteiger partial charge in [0.1, 0.15) is 5.65 Å². The highest BCUT2D eigenvalue weighted by atomic mass is 16.1. The van der Waals surface area contributed by atoms with Gasteiger partial charge in [-0.15, -0.1) is 0 Å². The zero-order valence-corrected chi connectivity index (χ0v) is 11.3. The van der Waals surface area contributed by atoms with Gasteiger partial charge in [0.2, 0.25) is 0 Å². The summed E-state index contributed by atoms with van der Waals surface area (Å²) in [5.41, 5.74) is 3.36. The van der Waals surface area contributed by atoms with Crippen molar-refractivity contribution in [3.05, 3.63) is 48.5 Å². The van der Waals surface area contributed by atoms with Gasteiger partial charge in [-0.1, -0.05) is 0 Å². The standard InChI is InChI=1S/C15H14N4O/c1-18(2)13-6-14(9-16-8-13)19-4-3-12-5-11(10-20)7-17-15(12)19/h3-10H,1-2H3. The second-order valence-electron chi connectivity index (χ2n) is 4.78. The van der Waals surface area contributed by atoms with Crippen molar-refractivity contribution in [3.63, 3.8) is 0 Å². The van der Waals surface area contributed by atoms with Gasteiger partial charge in [0.25, 0.3) is 0 Å². The molecule has 0 aromatic carbocycles. The van der Waals surface area contributed by atoms with Gasteiger partial charge in [-0.3, -0.25) is 14.3 Å². The van der Waals surface area contributed by atoms with Gasteiger partial charge in [0, 0.05) is 37.4 Å². The normalized spacial score (nSPS) is 10.7. The molecule has 100 valence electrons. The first-order chi connectivity index (χ1) is 9.69. The zero-order valence-electron chi connectivity index (χ0n) is 11.3. The fourth-order valence-corrected chi connectivity index (χ4v) is 2.11. The number of hydrogen-bond acceptors (Lipinski definition) is 4. The fourth-order valence-electron chi connectivity index (χ4n) is 2.11. The van der Waals surface area contributed by atoms with Gasteiger partial charge < -0.3 is 4.90 Å². The lowest BCUT2D eigenvalue weighted by molar-refractivity contribution is 0.112. The van der Waals surface area contributed by atoms with Crippen LogP contribution >= 0.6 is 0 Å². The smallest absolute Gasteiger partial charge is 0.151 e. The number of hydrogen-bond donors (Lipinski definition) is 0. The van der Waals surface area contributed by atoms with E-state index in [9.17, 15) is 4.79 Å². The van der Waals surface area contributed by atoms with Crippen LogP contribution in [0.2, 0.25) is 0 Å². The first-order valence-corrected chi connectivity index (χ1v) is 6.24. The summed E-state index contributed by atoms with van der Waals surface area (Å²) in [6, 6.07) is 5.81. The van der Waals surface area contributed by atoms with Crippen molar-refractivity contribution in [2.45, 2.75) is 0 Å². The second-order valence-corrected chi connectivity index (χ2v) is 4.78. The van der Waals surface area contributed by atoms with Crippen LogP contribution in [0.5, 0.6) is 0 Å². The Labute approximate surface area is 116 Å². The lowest BCUT2D eigenvalue weighted by atomic mass is 10.2. The molecule has 3 aromatic heterocycles. The van der Waals surface area contributed by atoms with Gasteiger partial charge in [-0.05, 0) is 18.2 Å². The molecule has 0 saturated heterocycles. The molecule has 5 heteroatoms. The number of aromatic nitrogens is 3. The summed E-state index contributed by atoms with van der Waals surface area (Å²) in [5, 5.41) is 0.935. The van der Waals surface area contributed by atoms with Gasteiger partial charge in [0.15, 0.2) is 6.29 Å². The van der Waals surface area contributed by atoms with Crippen LogP contribution in [0.4, 0.5) is 5.69 Å². The van der Waals surface area contributed by atoms with E-state index in [4.69, 9.17) is 0 Å². The molecular weight excluding hydrogens is 252 g/mol. The number of aldehydes is 1. The number of fused-ring (bicyclic) bond motifs is 1. The van der Waals surface area contributed by atoms with Crippen LogP contribution in [-0.2, 0) is 0 Å². The van der Waals surface area contributed by atoms with Crippen LogP contribution in [0.25, 0.3) is 16.7 Å². The number of nitrogens with zero attached hydrogens (tertiary/aromatic N) is 4. The third kappa shape index (κ3) is 2.03. The van der Waals surface area contributed by atoms with E-state index in [-0.39, 0.29) is 0 Å². The van der Waals surface area contributed by atoms with Crippen LogP contribution in [0.15, 0.2) is 43.0 Å². The molecule has 0 aliphatic carbocycles. The maximum absolute atomic E-state index is 10.8. The molecular formula is C15H14N4O. The Morgan fingerprint density at radius 1 is 1.20 bits per heavy atom. The van der Waals surface area contributed by atoms with E-state index < -0.39 is 0 Å². The summed E-state index contributed by atoms with van der Waals surface area (Å²) >= 11 is 0. The lowest BCUT2D eigenvalue weighted by Crippen LogP contribution is -2.09. The third-order valence-corrected chi connectivity index (χ3v) is 3.19. The number of rotatable bonds is 3. The Morgan fingerprint density at radius 2 is 2.05 bits per heavy atom. The van der Waals surface area contributed by atoms with E-state index in [1.807, 2.05) is 54.2 Å². The van der Waals surface area contributed by atoms with E-state index in [0.717, 1.165) is 28.7 Å². The molecule has 0 saturated carbocycles. The van der Waals surface area contributed by atoms with E-state index >= 15 is 0 Å². The Morgan fingerprint density at radius 3 is 2.80 bits per heavy atom. The van der Waals surface area contributed by atoms with Crippen LogP contribution in [0.1, 0.15) is 10.4 Å². The minimum atomic E-state index is 0.579. The highest BCUT2D eigenvalue weighted by Gasteiger charge is 2.07. The summed E-state index contributed by atoms with van der Waals surface area (Å²) in [4.78, 5) is 21.4. The minimum absolute atomic E-state index is 0.579. The van der Waals surface area contributed by atoms with Gasteiger partial charge in [0.05, 0.1) is 23.8 Å². The molecule has 5 nitrogen and oxygen atoms in total. The largest absolute Gasteiger partial charge is 0.376 e. The molecule has 0 radical (unpaired) electrons. The van der Waals surface area contributed by atoms with Crippen molar-refractivity contribution < 1.29 is 4.79 Å². The van der Waals surface area contributed by atoms with E-state index in [1.165, 1.54) is 0 Å². The third-order valence-electron chi connectivity index (χ3n) is 3.19. The second kappa shape index (κ2) is 4.77. The number of carbonyl (C=O) groups excluding carboxylic acids is 1. The van der Waals surface area contributed by atoms with Gasteiger partial charge >= 0.3 is 0 Å². The van der Waals surface area contributed by atoms with Crippen molar-refractivity contribution in [1.82, 2.24) is 14.5 Å². The molecule has 0 unspecified atom stereocenters. The monoisotopic (exact) mass is 266 g/mol. The van der Waals surface area contributed by atoms with Crippen LogP contribution < -0.4 is 4.90 Å². The zero-order chi connectivity index (χ0) is 14.1. The maximum atomic E-state index is 10.8. The predicted octanol–water partition coefficient (Wildman–Crippen LogP) is 2.30. The Bertz CT molecular complexity index is 776. The van der Waals surface area contributed by atoms with Gasteiger partial charge in [-0.2, -0.15) is 0 Å². The lowest BCUT2D eigenvalue weighted by Gasteiger charge is -2.13. The number of anilines is 1. The summed E-state index contributed by atoms with van der Waals surface area (Å²) in [5.74, 6) is 0. The molecule has 0 N–H and O–H groups in total. The average molecular weight is 266 g/mol. The first kappa shape index (κ1) is 12.3. The molecule has 0 atom stereocenters. The Hall–Kier alpha value is -2.69. The van der Waals surface area contributed by atoms with E-state index in [0.29, 0.717) is 5.56 Å². The topological polar surface area (TPSA) is 51.0 Å². The molecule has 3 rings (SSSR count). The fraction of sp³-hybridized carbons (Fsp3) is 0.133. The van der Waals surface area contributed by atoms with Crippen molar-refractivity contribution in [1.29, 1.82) is 0 Å². The molecule has 0 spiro atoms. The summed E-state index contributed by atoms with van der Waals surface area (Å²) < 4.78 is 1.96.